The van der Waals surface area contributed by atoms with E-state index in [1.807, 2.05) is 42.5 Å². The minimum Gasteiger partial charge on any atom is -0.471 e. The van der Waals surface area contributed by atoms with E-state index in [0.717, 1.165) is 11.1 Å². The molecule has 3 aromatic carbocycles. The van der Waals surface area contributed by atoms with Gasteiger partial charge in [0, 0.05) is 16.0 Å². The number of benzene rings is 3. The van der Waals surface area contributed by atoms with Crippen LogP contribution in [0, 0.1) is 0 Å². The highest BCUT2D eigenvalue weighted by Crippen LogP contribution is 2.34. The molecule has 4 rings (SSSR count). The minimum atomic E-state index is -0.606. The molecule has 0 bridgehead atoms. The van der Waals surface area contributed by atoms with Crippen molar-refractivity contribution >= 4 is 34.4 Å². The van der Waals surface area contributed by atoms with E-state index in [2.05, 4.69) is 0 Å². The molecule has 0 fully saturated rings. The van der Waals surface area contributed by atoms with E-state index in [0.29, 0.717) is 15.9 Å². The summed E-state index contributed by atoms with van der Waals surface area (Å²) < 4.78 is 12.5. The van der Waals surface area contributed by atoms with Gasteiger partial charge >= 0.3 is 5.97 Å². The number of rotatable bonds is 8. The predicted molar refractivity (Wildman–Crippen MR) is 124 cm³/mol. The summed E-state index contributed by atoms with van der Waals surface area (Å²) in [4.78, 5) is 30.6. The number of ether oxygens (including phenoxy) is 2. The summed E-state index contributed by atoms with van der Waals surface area (Å²) in [5.74, 6) is -1.05. The number of esters is 1. The van der Waals surface area contributed by atoms with Crippen molar-refractivity contribution in [1.82, 2.24) is 4.73 Å². The molecule has 2 N–H and O–H groups in total. The lowest BCUT2D eigenvalue weighted by Crippen LogP contribution is -2.15. The highest BCUT2D eigenvalue weighted by molar-refractivity contribution is 6.30. The minimum absolute atomic E-state index is 0.132. The number of primary amides is 1. The standard InChI is InChI=1S/C25H21ClN2O5/c1-31-25(30)22-20-11-10-18(23(27)29)13-21(20)28(33-15-17-8-5-9-19(26)12-17)24(22)32-14-16-6-3-2-4-7-16/h2-13H,14-15H2,1H3,(H2,27,29). The molecular formula is C25H21ClN2O5. The first-order valence-electron chi connectivity index (χ1n) is 10.1. The van der Waals surface area contributed by atoms with Gasteiger partial charge in [0.1, 0.15) is 18.8 Å². The van der Waals surface area contributed by atoms with Crippen LogP contribution in [0.15, 0.2) is 72.8 Å². The number of nitrogens with two attached hydrogens (primary N) is 1. The fourth-order valence-corrected chi connectivity index (χ4v) is 3.65. The van der Waals surface area contributed by atoms with Gasteiger partial charge in [-0.15, -0.1) is 4.73 Å². The number of hydrogen-bond donors (Lipinski definition) is 1. The average Bonchev–Trinajstić information content (AvgIpc) is 3.14. The quantitative estimate of drug-likeness (QED) is 0.390. The summed E-state index contributed by atoms with van der Waals surface area (Å²) in [5.41, 5.74) is 8.08. The van der Waals surface area contributed by atoms with E-state index >= 15 is 0 Å². The van der Waals surface area contributed by atoms with Crippen LogP contribution >= 0.6 is 11.6 Å². The molecule has 0 radical (unpaired) electrons. The molecule has 0 unspecified atom stereocenters. The molecule has 0 atom stereocenters. The maximum absolute atomic E-state index is 12.7. The molecule has 1 aromatic heterocycles. The largest absolute Gasteiger partial charge is 0.471 e. The molecular weight excluding hydrogens is 444 g/mol. The Bertz CT molecular complexity index is 1320. The van der Waals surface area contributed by atoms with Gasteiger partial charge in [0.15, 0.2) is 0 Å². The van der Waals surface area contributed by atoms with E-state index in [-0.39, 0.29) is 30.2 Å². The van der Waals surface area contributed by atoms with Crippen LogP contribution in [-0.2, 0) is 18.0 Å². The van der Waals surface area contributed by atoms with Crippen molar-refractivity contribution in [3.05, 3.63) is 100 Å². The number of carbonyl (C=O) groups is 2. The first-order valence-corrected chi connectivity index (χ1v) is 10.5. The van der Waals surface area contributed by atoms with Crippen LogP contribution in [0.25, 0.3) is 10.9 Å². The first-order chi connectivity index (χ1) is 16.0. The third kappa shape index (κ3) is 4.78. The maximum atomic E-state index is 12.7. The van der Waals surface area contributed by atoms with Gasteiger partial charge in [-0.25, -0.2) is 4.79 Å². The third-order valence-electron chi connectivity index (χ3n) is 5.03. The van der Waals surface area contributed by atoms with Gasteiger partial charge in [-0.3, -0.25) is 4.79 Å². The number of halogens is 1. The molecule has 0 aliphatic rings. The van der Waals surface area contributed by atoms with Gasteiger partial charge in [-0.2, -0.15) is 0 Å². The molecule has 0 spiro atoms. The van der Waals surface area contributed by atoms with Crippen LogP contribution in [0.4, 0.5) is 0 Å². The van der Waals surface area contributed by atoms with Crippen molar-refractivity contribution in [1.29, 1.82) is 0 Å². The van der Waals surface area contributed by atoms with Crippen LogP contribution in [0.3, 0.4) is 0 Å². The van der Waals surface area contributed by atoms with Gasteiger partial charge in [0.05, 0.1) is 12.6 Å². The van der Waals surface area contributed by atoms with Crippen molar-refractivity contribution in [2.24, 2.45) is 5.73 Å². The summed E-state index contributed by atoms with van der Waals surface area (Å²) in [6.07, 6.45) is 0. The van der Waals surface area contributed by atoms with Gasteiger partial charge in [-0.1, -0.05) is 60.1 Å². The third-order valence-corrected chi connectivity index (χ3v) is 5.26. The highest BCUT2D eigenvalue weighted by atomic mass is 35.5. The molecule has 0 saturated heterocycles. The summed E-state index contributed by atoms with van der Waals surface area (Å²) in [6, 6.07) is 21.4. The topological polar surface area (TPSA) is 92.8 Å². The van der Waals surface area contributed by atoms with Crippen LogP contribution in [0.5, 0.6) is 5.88 Å². The van der Waals surface area contributed by atoms with E-state index in [9.17, 15) is 9.59 Å². The second-order valence-corrected chi connectivity index (χ2v) is 7.68. The Hall–Kier alpha value is -3.97. The zero-order valence-electron chi connectivity index (χ0n) is 17.8. The van der Waals surface area contributed by atoms with Crippen molar-refractivity contribution in [3.63, 3.8) is 0 Å². The van der Waals surface area contributed by atoms with Gasteiger partial charge in [-0.05, 0) is 35.4 Å². The Labute approximate surface area is 195 Å². The molecule has 0 saturated carbocycles. The second-order valence-electron chi connectivity index (χ2n) is 7.24. The number of fused-ring (bicyclic) bond motifs is 1. The van der Waals surface area contributed by atoms with Gasteiger partial charge in [0.2, 0.25) is 11.8 Å². The number of nitrogens with zero attached hydrogens (tertiary/aromatic N) is 1. The average molecular weight is 465 g/mol. The summed E-state index contributed by atoms with van der Waals surface area (Å²) in [7, 11) is 1.29. The van der Waals surface area contributed by atoms with Gasteiger partial charge < -0.3 is 20.0 Å². The van der Waals surface area contributed by atoms with Crippen molar-refractivity contribution < 1.29 is 23.9 Å². The van der Waals surface area contributed by atoms with Gasteiger partial charge in [0.25, 0.3) is 0 Å². The molecule has 168 valence electrons. The zero-order valence-corrected chi connectivity index (χ0v) is 18.5. The Kier molecular flexibility index (Phi) is 6.51. The first kappa shape index (κ1) is 22.2. The second kappa shape index (κ2) is 9.67. The van der Waals surface area contributed by atoms with Crippen molar-refractivity contribution in [2.75, 3.05) is 7.11 Å². The predicted octanol–water partition coefficient (Wildman–Crippen LogP) is 4.39. The molecule has 7 nitrogen and oxygen atoms in total. The monoisotopic (exact) mass is 464 g/mol. The number of hydrogen-bond acceptors (Lipinski definition) is 5. The van der Waals surface area contributed by atoms with Crippen LogP contribution in [0.2, 0.25) is 5.02 Å². The lowest BCUT2D eigenvalue weighted by molar-refractivity contribution is 0.0570. The molecule has 8 heteroatoms. The van der Waals surface area contributed by atoms with Crippen molar-refractivity contribution in [3.8, 4) is 5.88 Å². The summed E-state index contributed by atoms with van der Waals surface area (Å²) in [5, 5.41) is 1.07. The van der Waals surface area contributed by atoms with E-state index in [1.165, 1.54) is 11.8 Å². The molecule has 33 heavy (non-hydrogen) atoms. The number of aromatic nitrogens is 1. The Morgan fingerprint density at radius 1 is 0.939 bits per heavy atom. The van der Waals surface area contributed by atoms with E-state index in [1.54, 1.807) is 30.3 Å². The highest BCUT2D eigenvalue weighted by Gasteiger charge is 2.27. The molecule has 0 aliphatic carbocycles. The SMILES string of the molecule is COC(=O)c1c(OCc2ccccc2)n(OCc2cccc(Cl)c2)c2cc(C(N)=O)ccc12. The maximum Gasteiger partial charge on any atom is 0.344 e. The smallest absolute Gasteiger partial charge is 0.344 e. The summed E-state index contributed by atoms with van der Waals surface area (Å²) >= 11 is 6.09. The summed E-state index contributed by atoms with van der Waals surface area (Å²) in [6.45, 7) is 0.317. The van der Waals surface area contributed by atoms with Crippen molar-refractivity contribution in [2.45, 2.75) is 13.2 Å². The van der Waals surface area contributed by atoms with Crippen LogP contribution < -0.4 is 15.3 Å². The van der Waals surface area contributed by atoms with Crippen LogP contribution in [0.1, 0.15) is 31.8 Å². The Morgan fingerprint density at radius 2 is 1.70 bits per heavy atom. The van der Waals surface area contributed by atoms with E-state index in [4.69, 9.17) is 31.6 Å². The number of carbonyl (C=O) groups excluding carboxylic acids is 2. The molecule has 0 aliphatic heterocycles. The van der Waals surface area contributed by atoms with Crippen LogP contribution in [-0.4, -0.2) is 23.7 Å². The molecule has 1 amide bonds. The zero-order chi connectivity index (χ0) is 23.4. The Morgan fingerprint density at radius 3 is 2.39 bits per heavy atom. The normalized spacial score (nSPS) is 10.7. The Balaban J connectivity index is 1.83. The van der Waals surface area contributed by atoms with E-state index < -0.39 is 11.9 Å². The fraction of sp³-hybridized carbons (Fsp3) is 0.120. The lowest BCUT2D eigenvalue weighted by atomic mass is 10.1. The fourth-order valence-electron chi connectivity index (χ4n) is 3.44. The number of amides is 1. The number of methoxy groups -OCH3 is 1. The molecule has 1 heterocycles. The lowest BCUT2D eigenvalue weighted by Gasteiger charge is -2.14. The molecule has 4 aromatic rings.